The van der Waals surface area contributed by atoms with Gasteiger partial charge >= 0.3 is 5.69 Å². The van der Waals surface area contributed by atoms with Crippen LogP contribution in [0.1, 0.15) is 34.1 Å². The average Bonchev–Trinajstić information content (AvgIpc) is 2.42. The highest BCUT2D eigenvalue weighted by atomic mass is 16.6. The molecule has 7 heteroatoms. The highest BCUT2D eigenvalue weighted by molar-refractivity contribution is 5.60. The fourth-order valence-electron chi connectivity index (χ4n) is 1.82. The summed E-state index contributed by atoms with van der Waals surface area (Å²) >= 11 is 0. The second kappa shape index (κ2) is 7.78. The number of anilines is 2. The first-order valence-electron chi connectivity index (χ1n) is 7.16. The summed E-state index contributed by atoms with van der Waals surface area (Å²) in [5.41, 5.74) is -0.457. The van der Waals surface area contributed by atoms with E-state index in [0.29, 0.717) is 19.0 Å². The minimum absolute atomic E-state index is 0.0376. The summed E-state index contributed by atoms with van der Waals surface area (Å²) in [6.45, 7) is 9.60. The van der Waals surface area contributed by atoms with Crippen molar-refractivity contribution in [3.05, 3.63) is 22.2 Å². The molecule has 0 saturated heterocycles. The number of aromatic nitrogens is 1. The minimum Gasteiger partial charge on any atom is -0.374 e. The van der Waals surface area contributed by atoms with Crippen molar-refractivity contribution in [1.82, 2.24) is 4.98 Å². The molecule has 0 bridgehead atoms. The first-order valence-corrected chi connectivity index (χ1v) is 7.16. The Labute approximate surface area is 125 Å². The Kier molecular flexibility index (Phi) is 6.36. The molecule has 0 atom stereocenters. The van der Waals surface area contributed by atoms with Crippen molar-refractivity contribution in [2.45, 2.75) is 39.7 Å². The summed E-state index contributed by atoms with van der Waals surface area (Å²) in [5, 5.41) is 17.2. The molecule has 0 aliphatic heterocycles. The molecular weight excluding hydrogens is 272 g/mol. The number of nitrogens with one attached hydrogen (secondary N) is 2. The van der Waals surface area contributed by atoms with Gasteiger partial charge in [0, 0.05) is 25.8 Å². The maximum absolute atomic E-state index is 11.1. The lowest BCUT2D eigenvalue weighted by Crippen LogP contribution is -2.33. The number of ether oxygens (including phenoxy) is 1. The molecule has 0 aliphatic rings. The lowest BCUT2D eigenvalue weighted by atomic mass is 10.1. The minimum atomic E-state index is -0.438. The lowest BCUT2D eigenvalue weighted by molar-refractivity contribution is -0.384. The Balaban J connectivity index is 2.88. The highest BCUT2D eigenvalue weighted by Gasteiger charge is 2.21. The van der Waals surface area contributed by atoms with Gasteiger partial charge in [-0.05, 0) is 33.3 Å². The van der Waals surface area contributed by atoms with Gasteiger partial charge in [0.15, 0.2) is 0 Å². The van der Waals surface area contributed by atoms with Crippen molar-refractivity contribution in [2.75, 3.05) is 30.3 Å². The van der Waals surface area contributed by atoms with E-state index in [-0.39, 0.29) is 11.5 Å². The van der Waals surface area contributed by atoms with E-state index in [1.165, 1.54) is 6.07 Å². The van der Waals surface area contributed by atoms with Crippen molar-refractivity contribution < 1.29 is 9.66 Å². The van der Waals surface area contributed by atoms with Crippen LogP contribution in [-0.4, -0.2) is 35.2 Å². The molecule has 1 aromatic rings. The van der Waals surface area contributed by atoms with Gasteiger partial charge in [0.25, 0.3) is 0 Å². The van der Waals surface area contributed by atoms with Crippen LogP contribution in [-0.2, 0) is 4.74 Å². The van der Waals surface area contributed by atoms with Gasteiger partial charge < -0.3 is 15.4 Å². The summed E-state index contributed by atoms with van der Waals surface area (Å²) in [6, 6.07) is 3.08. The standard InChI is InChI=1S/C14H24N4O3/c1-5-9-15-12-8-7-11(18(19)20)13(17-12)16-10-14(3,4)21-6-2/h7-8H,5-6,9-10H2,1-4H3,(H2,15,16,17). The molecular formula is C14H24N4O3. The molecule has 0 radical (unpaired) electrons. The Morgan fingerprint density at radius 1 is 1.33 bits per heavy atom. The van der Waals surface area contributed by atoms with Crippen LogP contribution in [0.3, 0.4) is 0 Å². The monoisotopic (exact) mass is 296 g/mol. The Morgan fingerprint density at radius 2 is 2.05 bits per heavy atom. The van der Waals surface area contributed by atoms with Gasteiger partial charge in [0.2, 0.25) is 5.82 Å². The second-order valence-corrected chi connectivity index (χ2v) is 5.29. The molecule has 21 heavy (non-hydrogen) atoms. The largest absolute Gasteiger partial charge is 0.374 e. The summed E-state index contributed by atoms with van der Waals surface area (Å²) < 4.78 is 5.57. The average molecular weight is 296 g/mol. The van der Waals surface area contributed by atoms with E-state index in [1.807, 2.05) is 27.7 Å². The zero-order valence-corrected chi connectivity index (χ0v) is 13.1. The quantitative estimate of drug-likeness (QED) is 0.538. The molecule has 1 rings (SSSR count). The third-order valence-corrected chi connectivity index (χ3v) is 2.84. The van der Waals surface area contributed by atoms with Gasteiger partial charge in [0.05, 0.1) is 10.5 Å². The first-order chi connectivity index (χ1) is 9.89. The van der Waals surface area contributed by atoms with Crippen LogP contribution in [0.4, 0.5) is 17.3 Å². The second-order valence-electron chi connectivity index (χ2n) is 5.29. The summed E-state index contributed by atoms with van der Waals surface area (Å²) in [4.78, 5) is 14.9. The number of nitro groups is 1. The Morgan fingerprint density at radius 3 is 2.62 bits per heavy atom. The zero-order chi connectivity index (χ0) is 15.9. The predicted octanol–water partition coefficient (Wildman–Crippen LogP) is 3.04. The summed E-state index contributed by atoms with van der Waals surface area (Å²) in [5.74, 6) is 0.882. The maximum Gasteiger partial charge on any atom is 0.311 e. The van der Waals surface area contributed by atoms with Crippen LogP contribution < -0.4 is 10.6 Å². The molecule has 118 valence electrons. The van der Waals surface area contributed by atoms with Crippen molar-refractivity contribution in [3.8, 4) is 0 Å². The third-order valence-electron chi connectivity index (χ3n) is 2.84. The van der Waals surface area contributed by atoms with Crippen LogP contribution in [0.5, 0.6) is 0 Å². The number of pyridine rings is 1. The number of hydrogen-bond donors (Lipinski definition) is 2. The zero-order valence-electron chi connectivity index (χ0n) is 13.1. The van der Waals surface area contributed by atoms with Crippen LogP contribution in [0, 0.1) is 10.1 Å². The fourth-order valence-corrected chi connectivity index (χ4v) is 1.82. The van der Waals surface area contributed by atoms with E-state index < -0.39 is 10.5 Å². The molecule has 0 aromatic carbocycles. The molecule has 0 aliphatic carbocycles. The van der Waals surface area contributed by atoms with Crippen LogP contribution in [0.15, 0.2) is 12.1 Å². The van der Waals surface area contributed by atoms with Gasteiger partial charge in [-0.25, -0.2) is 4.98 Å². The van der Waals surface area contributed by atoms with E-state index in [4.69, 9.17) is 4.74 Å². The van der Waals surface area contributed by atoms with Crippen molar-refractivity contribution in [2.24, 2.45) is 0 Å². The summed E-state index contributed by atoms with van der Waals surface area (Å²) in [6.07, 6.45) is 0.957. The predicted molar refractivity (Wildman–Crippen MR) is 83.9 cm³/mol. The SMILES string of the molecule is CCCNc1ccc([N+](=O)[O-])c(NCC(C)(C)OCC)n1. The third kappa shape index (κ3) is 5.55. The van der Waals surface area contributed by atoms with Gasteiger partial charge in [-0.2, -0.15) is 0 Å². The molecule has 0 spiro atoms. The number of hydrogen-bond acceptors (Lipinski definition) is 6. The lowest BCUT2D eigenvalue weighted by Gasteiger charge is -2.25. The Hall–Kier alpha value is -1.89. The highest BCUT2D eigenvalue weighted by Crippen LogP contribution is 2.25. The molecule has 0 amide bonds. The van der Waals surface area contributed by atoms with Crippen molar-refractivity contribution >= 4 is 17.3 Å². The van der Waals surface area contributed by atoms with E-state index >= 15 is 0 Å². The molecule has 0 unspecified atom stereocenters. The van der Waals surface area contributed by atoms with Crippen LogP contribution in [0.25, 0.3) is 0 Å². The van der Waals surface area contributed by atoms with Gasteiger partial charge in [-0.1, -0.05) is 6.92 Å². The van der Waals surface area contributed by atoms with Gasteiger partial charge in [-0.15, -0.1) is 0 Å². The van der Waals surface area contributed by atoms with Crippen LogP contribution in [0.2, 0.25) is 0 Å². The maximum atomic E-state index is 11.1. The molecule has 0 saturated carbocycles. The van der Waals surface area contributed by atoms with Gasteiger partial charge in [-0.3, -0.25) is 10.1 Å². The van der Waals surface area contributed by atoms with Crippen LogP contribution >= 0.6 is 0 Å². The van der Waals surface area contributed by atoms with Crippen molar-refractivity contribution in [1.29, 1.82) is 0 Å². The number of nitrogens with zero attached hydrogens (tertiary/aromatic N) is 2. The smallest absolute Gasteiger partial charge is 0.311 e. The van der Waals surface area contributed by atoms with E-state index in [0.717, 1.165) is 13.0 Å². The molecule has 0 fully saturated rings. The van der Waals surface area contributed by atoms with Crippen molar-refractivity contribution in [3.63, 3.8) is 0 Å². The Bertz CT molecular complexity index is 477. The van der Waals surface area contributed by atoms with E-state index in [2.05, 4.69) is 15.6 Å². The summed E-state index contributed by atoms with van der Waals surface area (Å²) in [7, 11) is 0. The molecule has 1 heterocycles. The molecule has 7 nitrogen and oxygen atoms in total. The van der Waals surface area contributed by atoms with Gasteiger partial charge in [0.1, 0.15) is 5.82 Å². The first kappa shape index (κ1) is 17.2. The normalized spacial score (nSPS) is 11.2. The van der Waals surface area contributed by atoms with E-state index in [1.54, 1.807) is 6.07 Å². The fraction of sp³-hybridized carbons (Fsp3) is 0.643. The molecule has 2 N–H and O–H groups in total. The molecule has 1 aromatic heterocycles. The topological polar surface area (TPSA) is 89.3 Å². The van der Waals surface area contributed by atoms with E-state index in [9.17, 15) is 10.1 Å². The number of rotatable bonds is 9.